The number of aromatic nitrogens is 3. The lowest BCUT2D eigenvalue weighted by Gasteiger charge is -2.43. The number of benzene rings is 3. The van der Waals surface area contributed by atoms with Crippen LogP contribution in [0, 0.1) is 12.7 Å². The van der Waals surface area contributed by atoms with Crippen LogP contribution in [0.3, 0.4) is 0 Å². The summed E-state index contributed by atoms with van der Waals surface area (Å²) in [6, 6.07) is 26.0. The topological polar surface area (TPSA) is 77.0 Å². The van der Waals surface area contributed by atoms with Crippen LogP contribution in [-0.4, -0.2) is 22.9 Å². The number of nitrogens with zero attached hydrogens (tertiary/aromatic N) is 2. The summed E-state index contributed by atoms with van der Waals surface area (Å²) in [4.78, 5) is 32.3. The molecule has 0 unspecified atom stereocenters. The normalized spacial score (nSPS) is 12.3. The monoisotopic (exact) mass is 615 g/mol. The highest BCUT2D eigenvalue weighted by atomic mass is 35.5. The largest absolute Gasteiger partial charge is 0.403 e. The Hall–Kier alpha value is -3.85. The molecule has 0 saturated heterocycles. The fourth-order valence-electron chi connectivity index (χ4n) is 5.98. The van der Waals surface area contributed by atoms with Gasteiger partial charge in [-0.1, -0.05) is 119 Å². The molecule has 0 aliphatic carbocycles. The average molecular weight is 616 g/mol. The van der Waals surface area contributed by atoms with Gasteiger partial charge in [0.25, 0.3) is 13.9 Å². The molecule has 1 N–H and O–H groups in total. The van der Waals surface area contributed by atoms with Gasteiger partial charge in [0.15, 0.2) is 16.6 Å². The first-order valence-electron chi connectivity index (χ1n) is 14.2. The molecule has 6 nitrogen and oxygen atoms in total. The van der Waals surface area contributed by atoms with Crippen LogP contribution >= 0.6 is 11.6 Å². The Morgan fingerprint density at radius 2 is 1.56 bits per heavy atom. The van der Waals surface area contributed by atoms with Crippen LogP contribution < -0.4 is 21.6 Å². The van der Waals surface area contributed by atoms with Crippen molar-refractivity contribution in [3.8, 4) is 5.69 Å². The van der Waals surface area contributed by atoms with E-state index in [0.29, 0.717) is 12.3 Å². The maximum Gasteiger partial charge on any atom is 0.334 e. The van der Waals surface area contributed by atoms with Gasteiger partial charge in [-0.15, -0.1) is 0 Å². The van der Waals surface area contributed by atoms with E-state index in [1.165, 1.54) is 14.9 Å². The molecule has 0 aliphatic heterocycles. The van der Waals surface area contributed by atoms with Crippen molar-refractivity contribution in [1.29, 1.82) is 0 Å². The van der Waals surface area contributed by atoms with Gasteiger partial charge in [0, 0.05) is 0 Å². The first-order valence-corrected chi connectivity index (χ1v) is 16.5. The van der Waals surface area contributed by atoms with Crippen LogP contribution in [-0.2, 0) is 11.0 Å². The Balaban J connectivity index is 1.68. The molecule has 0 bridgehead atoms. The quantitative estimate of drug-likeness (QED) is 0.170. The van der Waals surface area contributed by atoms with Crippen molar-refractivity contribution in [3.63, 3.8) is 0 Å². The zero-order valence-corrected chi connectivity index (χ0v) is 26.9. The predicted molar refractivity (Wildman–Crippen MR) is 174 cm³/mol. The van der Waals surface area contributed by atoms with Gasteiger partial charge in [0.2, 0.25) is 0 Å². The lowest BCUT2D eigenvalue weighted by molar-refractivity contribution is 0.286. The van der Waals surface area contributed by atoms with Gasteiger partial charge in [-0.05, 0) is 51.0 Å². The molecular formula is C34H35ClFN3O3Si. The zero-order chi connectivity index (χ0) is 31.1. The van der Waals surface area contributed by atoms with E-state index in [4.69, 9.17) is 16.0 Å². The summed E-state index contributed by atoms with van der Waals surface area (Å²) in [5.41, 5.74) is 1.78. The second-order valence-corrected chi connectivity index (χ2v) is 16.8. The molecule has 0 spiro atoms. The van der Waals surface area contributed by atoms with Crippen LogP contribution in [0.4, 0.5) is 4.39 Å². The highest BCUT2D eigenvalue weighted by Crippen LogP contribution is 2.38. The van der Waals surface area contributed by atoms with Crippen molar-refractivity contribution in [1.82, 2.24) is 14.5 Å². The number of hydrogen-bond acceptors (Lipinski definition) is 4. The van der Waals surface area contributed by atoms with Gasteiger partial charge in [-0.2, -0.15) is 0 Å². The standard InChI is InChI=1S/C34H35ClFN3O3Si/c1-21(2)26-18-23(17-22(3)29(26)39-31-27(32(40)38-33(39)41)19-28(36)30(35)37-31)20-42-43(34(4,5)6,24-13-9-7-10-14-24)25-15-11-8-12-16-25/h7-19,21H,20H2,1-6H3,(H,38,40,41). The van der Waals surface area contributed by atoms with Crippen molar-refractivity contribution in [2.24, 2.45) is 0 Å². The molecule has 0 amide bonds. The summed E-state index contributed by atoms with van der Waals surface area (Å²) >= 11 is 6.01. The first-order chi connectivity index (χ1) is 20.3. The number of pyridine rings is 1. The third kappa shape index (κ3) is 5.51. The van der Waals surface area contributed by atoms with E-state index in [1.54, 1.807) is 0 Å². The van der Waals surface area contributed by atoms with Gasteiger partial charge >= 0.3 is 5.69 Å². The van der Waals surface area contributed by atoms with E-state index >= 15 is 0 Å². The smallest absolute Gasteiger partial charge is 0.334 e. The molecular weight excluding hydrogens is 581 g/mol. The van der Waals surface area contributed by atoms with Gasteiger partial charge < -0.3 is 4.43 Å². The number of halogens is 2. The van der Waals surface area contributed by atoms with Crippen LogP contribution in [0.5, 0.6) is 0 Å². The summed E-state index contributed by atoms with van der Waals surface area (Å²) in [7, 11) is -2.79. The summed E-state index contributed by atoms with van der Waals surface area (Å²) in [5.74, 6) is -0.840. The molecule has 5 rings (SSSR count). The molecule has 0 radical (unpaired) electrons. The van der Waals surface area contributed by atoms with Crippen molar-refractivity contribution >= 4 is 41.3 Å². The van der Waals surface area contributed by atoms with Gasteiger partial charge in [-0.3, -0.25) is 9.78 Å². The number of hydrogen-bond donors (Lipinski definition) is 1. The third-order valence-corrected chi connectivity index (χ3v) is 13.1. The fourth-order valence-corrected chi connectivity index (χ4v) is 10.7. The Bertz CT molecular complexity index is 1880. The highest BCUT2D eigenvalue weighted by Gasteiger charge is 2.50. The Kier molecular flexibility index (Phi) is 8.31. The molecule has 5 aromatic rings. The highest BCUT2D eigenvalue weighted by molar-refractivity contribution is 6.99. The van der Waals surface area contributed by atoms with Crippen molar-refractivity contribution in [2.45, 2.75) is 59.1 Å². The maximum atomic E-state index is 14.3. The first kappa shape index (κ1) is 30.6. The molecule has 3 aromatic carbocycles. The summed E-state index contributed by atoms with van der Waals surface area (Å²) < 4.78 is 22.8. The number of aromatic amines is 1. The second kappa shape index (κ2) is 11.7. The minimum Gasteiger partial charge on any atom is -0.403 e. The van der Waals surface area contributed by atoms with Crippen molar-refractivity contribution < 1.29 is 8.82 Å². The van der Waals surface area contributed by atoms with E-state index < -0.39 is 30.5 Å². The number of fused-ring (bicyclic) bond motifs is 1. The Morgan fingerprint density at radius 1 is 0.977 bits per heavy atom. The molecule has 0 fully saturated rings. The number of rotatable bonds is 7. The molecule has 43 heavy (non-hydrogen) atoms. The Morgan fingerprint density at radius 3 is 2.09 bits per heavy atom. The SMILES string of the molecule is Cc1cc(CO[Si](c2ccccc2)(c2ccccc2)C(C)(C)C)cc(C(C)C)c1-n1c(=O)[nH]c(=O)c2cc(F)c(Cl)nc21. The lowest BCUT2D eigenvalue weighted by Crippen LogP contribution is -2.66. The molecule has 0 aliphatic rings. The minimum atomic E-state index is -2.79. The molecule has 0 atom stereocenters. The second-order valence-electron chi connectivity index (χ2n) is 12.2. The third-order valence-electron chi connectivity index (χ3n) is 7.90. The molecule has 2 heterocycles. The van der Waals surface area contributed by atoms with Crippen molar-refractivity contribution in [2.75, 3.05) is 0 Å². The van der Waals surface area contributed by atoms with Crippen LogP contribution in [0.2, 0.25) is 10.2 Å². The van der Waals surface area contributed by atoms with Gasteiger partial charge in [0.1, 0.15) is 0 Å². The number of H-pyrrole nitrogens is 1. The molecule has 2 aromatic heterocycles. The van der Waals surface area contributed by atoms with E-state index in [-0.39, 0.29) is 22.0 Å². The van der Waals surface area contributed by atoms with Crippen LogP contribution in [0.25, 0.3) is 16.7 Å². The van der Waals surface area contributed by atoms with Crippen molar-refractivity contribution in [3.05, 3.63) is 127 Å². The van der Waals surface area contributed by atoms with Crippen LogP contribution in [0.1, 0.15) is 57.2 Å². The average Bonchev–Trinajstić information content (AvgIpc) is 2.95. The summed E-state index contributed by atoms with van der Waals surface area (Å²) in [6.45, 7) is 13.0. The maximum absolute atomic E-state index is 14.3. The van der Waals surface area contributed by atoms with E-state index in [9.17, 15) is 14.0 Å². The molecule has 9 heteroatoms. The van der Waals surface area contributed by atoms with Crippen LogP contribution in [0.15, 0.2) is 88.5 Å². The van der Waals surface area contributed by atoms with E-state index in [1.807, 2.05) is 45.0 Å². The number of aryl methyl sites for hydroxylation is 1. The minimum absolute atomic E-state index is 0.00135. The molecule has 222 valence electrons. The van der Waals surface area contributed by atoms with E-state index in [0.717, 1.165) is 22.8 Å². The Labute approximate surface area is 256 Å². The molecule has 0 saturated carbocycles. The summed E-state index contributed by atoms with van der Waals surface area (Å²) in [5, 5.41) is 1.72. The van der Waals surface area contributed by atoms with Gasteiger partial charge in [-0.25, -0.2) is 18.7 Å². The lowest BCUT2D eigenvalue weighted by atomic mass is 9.95. The fraction of sp³-hybridized carbons (Fsp3) is 0.265. The van der Waals surface area contributed by atoms with Gasteiger partial charge in [0.05, 0.1) is 17.7 Å². The number of nitrogens with one attached hydrogen (secondary N) is 1. The summed E-state index contributed by atoms with van der Waals surface area (Å²) in [6.07, 6.45) is 0. The zero-order valence-electron chi connectivity index (χ0n) is 25.2. The van der Waals surface area contributed by atoms with E-state index in [2.05, 4.69) is 79.3 Å². The predicted octanol–water partition coefficient (Wildman–Crippen LogP) is 6.37.